The number of alkyl halides is 2. The van der Waals surface area contributed by atoms with Gasteiger partial charge in [-0.05, 0) is 43.2 Å². The van der Waals surface area contributed by atoms with Gasteiger partial charge in [-0.15, -0.1) is 0 Å². The van der Waals surface area contributed by atoms with Crippen molar-refractivity contribution in [2.24, 2.45) is 4.99 Å². The molecule has 0 radical (unpaired) electrons. The van der Waals surface area contributed by atoms with Crippen molar-refractivity contribution in [1.29, 1.82) is 0 Å². The molecule has 0 spiro atoms. The van der Waals surface area contributed by atoms with E-state index < -0.39 is 34.7 Å². The van der Waals surface area contributed by atoms with Gasteiger partial charge in [-0.3, -0.25) is 19.9 Å². The number of nitro groups is 1. The quantitative estimate of drug-likeness (QED) is 0.479. The number of rotatable bonds is 6. The van der Waals surface area contributed by atoms with Gasteiger partial charge in [0.05, 0.1) is 28.1 Å². The predicted octanol–water partition coefficient (Wildman–Crippen LogP) is 4.93. The Kier molecular flexibility index (Phi) is 6.23. The Morgan fingerprint density at radius 2 is 1.88 bits per heavy atom. The van der Waals surface area contributed by atoms with Gasteiger partial charge in [0.25, 0.3) is 18.0 Å². The summed E-state index contributed by atoms with van der Waals surface area (Å²) in [6.45, 7) is 3.95. The zero-order valence-corrected chi connectivity index (χ0v) is 18.3. The Hall–Kier alpha value is -3.95. The van der Waals surface area contributed by atoms with Crippen LogP contribution in [0.3, 0.4) is 0 Å². The summed E-state index contributed by atoms with van der Waals surface area (Å²) in [7, 11) is 0. The highest BCUT2D eigenvalue weighted by Gasteiger charge is 2.32. The third-order valence-corrected chi connectivity index (χ3v) is 5.68. The highest BCUT2D eigenvalue weighted by Crippen LogP contribution is 2.31. The summed E-state index contributed by atoms with van der Waals surface area (Å²) >= 11 is 0. The van der Waals surface area contributed by atoms with Crippen molar-refractivity contribution in [3.8, 4) is 0 Å². The Morgan fingerprint density at radius 3 is 2.53 bits per heavy atom. The number of amidine groups is 1. The van der Waals surface area contributed by atoms with Gasteiger partial charge in [-0.2, -0.15) is 0 Å². The van der Waals surface area contributed by atoms with Crippen LogP contribution >= 0.6 is 0 Å². The van der Waals surface area contributed by atoms with E-state index in [0.29, 0.717) is 23.5 Å². The molecule has 2 aromatic carbocycles. The minimum atomic E-state index is -2.97. The van der Waals surface area contributed by atoms with E-state index in [-0.39, 0.29) is 22.9 Å². The molecular weight excluding hydrogens is 449 g/mol. The number of amides is 1. The molecule has 176 valence electrons. The van der Waals surface area contributed by atoms with Crippen molar-refractivity contribution >= 4 is 23.0 Å². The van der Waals surface area contributed by atoms with Gasteiger partial charge < -0.3 is 10.2 Å². The number of halogens is 3. The van der Waals surface area contributed by atoms with Crippen molar-refractivity contribution in [1.82, 2.24) is 10.2 Å². The van der Waals surface area contributed by atoms with Crippen LogP contribution in [0.25, 0.3) is 5.57 Å². The summed E-state index contributed by atoms with van der Waals surface area (Å²) in [6.07, 6.45) is 0.457. The van der Waals surface area contributed by atoms with Crippen LogP contribution in [0.1, 0.15) is 43.0 Å². The molecule has 2 atom stereocenters. The molecule has 1 amide bonds. The molecule has 0 unspecified atom stereocenters. The summed E-state index contributed by atoms with van der Waals surface area (Å²) in [5, 5.41) is 13.6. The summed E-state index contributed by atoms with van der Waals surface area (Å²) in [4.78, 5) is 30.0. The molecule has 2 heterocycles. The highest BCUT2D eigenvalue weighted by molar-refractivity contribution is 6.24. The molecule has 7 nitrogen and oxygen atoms in total. The first-order valence-electron chi connectivity index (χ1n) is 10.6. The van der Waals surface area contributed by atoms with E-state index in [9.17, 15) is 28.1 Å². The zero-order chi connectivity index (χ0) is 24.6. The Balaban J connectivity index is 1.64. The molecule has 0 bridgehead atoms. The number of non-ortho nitro benzene ring substituents is 1. The van der Waals surface area contributed by atoms with Gasteiger partial charge >= 0.3 is 0 Å². The maximum Gasteiger partial charge on any atom is 0.269 e. The average Bonchev–Trinajstić information content (AvgIpc) is 3.18. The Bertz CT molecular complexity index is 1240. The lowest BCUT2D eigenvalue weighted by atomic mass is 9.98. The van der Waals surface area contributed by atoms with E-state index in [1.165, 1.54) is 31.2 Å². The van der Waals surface area contributed by atoms with E-state index >= 15 is 0 Å². The average molecular weight is 470 g/mol. The topological polar surface area (TPSA) is 87.8 Å². The van der Waals surface area contributed by atoms with Gasteiger partial charge in [0, 0.05) is 30.4 Å². The molecule has 10 heteroatoms. The largest absolute Gasteiger partial charge is 0.345 e. The van der Waals surface area contributed by atoms with E-state index in [1.54, 1.807) is 18.2 Å². The van der Waals surface area contributed by atoms with E-state index in [4.69, 9.17) is 0 Å². The third kappa shape index (κ3) is 4.43. The summed E-state index contributed by atoms with van der Waals surface area (Å²) in [5.41, 5.74) is 0.717. The second kappa shape index (κ2) is 9.12. The number of nitro benzene ring substituents is 1. The van der Waals surface area contributed by atoms with Crippen molar-refractivity contribution < 1.29 is 22.9 Å². The van der Waals surface area contributed by atoms with E-state index in [2.05, 4.69) is 10.3 Å². The predicted molar refractivity (Wildman–Crippen MR) is 121 cm³/mol. The summed E-state index contributed by atoms with van der Waals surface area (Å²) < 4.78 is 40.7. The van der Waals surface area contributed by atoms with Crippen LogP contribution in [0.15, 0.2) is 65.3 Å². The molecule has 0 saturated heterocycles. The van der Waals surface area contributed by atoms with Gasteiger partial charge in [0.15, 0.2) is 0 Å². The van der Waals surface area contributed by atoms with Gasteiger partial charge in [0.1, 0.15) is 11.7 Å². The number of carbonyl (C=O) groups excluding carboxylic acids is 1. The van der Waals surface area contributed by atoms with Gasteiger partial charge in [-0.25, -0.2) is 13.2 Å². The number of nitrogens with zero attached hydrogens (tertiary/aromatic N) is 3. The number of hydrogen-bond donors (Lipinski definition) is 1. The van der Waals surface area contributed by atoms with Gasteiger partial charge in [0.2, 0.25) is 0 Å². The number of aliphatic imine (C=N–C) groups is 1. The molecule has 2 aromatic rings. The normalized spacial score (nSPS) is 18.1. The van der Waals surface area contributed by atoms with Gasteiger partial charge in [-0.1, -0.05) is 18.2 Å². The second-order valence-electron chi connectivity index (χ2n) is 8.15. The molecule has 2 aliphatic heterocycles. The fourth-order valence-corrected chi connectivity index (χ4v) is 3.98. The number of fused-ring (bicyclic) bond motifs is 1. The van der Waals surface area contributed by atoms with Crippen LogP contribution in [-0.2, 0) is 4.79 Å². The van der Waals surface area contributed by atoms with Crippen molar-refractivity contribution in [2.45, 2.75) is 32.4 Å². The molecule has 0 aromatic heterocycles. The highest BCUT2D eigenvalue weighted by atomic mass is 19.3. The summed E-state index contributed by atoms with van der Waals surface area (Å²) in [6, 6.07) is 8.66. The lowest BCUT2D eigenvalue weighted by molar-refractivity contribution is -0.384. The van der Waals surface area contributed by atoms with Crippen LogP contribution in [0.4, 0.5) is 18.9 Å². The first kappa shape index (κ1) is 23.2. The van der Waals surface area contributed by atoms with Crippen LogP contribution in [0.2, 0.25) is 0 Å². The standard InChI is InChI=1S/C24H21F3N4O3/c1-13-11-30-12-16(15-6-8-17(9-7-15)31(33)34)10-20(23(30)28-13)24(32)29-14(2)18-4-3-5-19(21(18)25)22(26)27/h3-10,12-14,22H,11H2,1-2H3,(H,29,32)/t13-,14-/m1/s1. The van der Waals surface area contributed by atoms with Crippen molar-refractivity contribution in [3.63, 3.8) is 0 Å². The molecule has 2 aliphatic rings. The minimum absolute atomic E-state index is 0.0488. The van der Waals surface area contributed by atoms with Crippen LogP contribution < -0.4 is 5.32 Å². The molecular formula is C24H21F3N4O3. The third-order valence-electron chi connectivity index (χ3n) is 5.68. The monoisotopic (exact) mass is 470 g/mol. The first-order chi connectivity index (χ1) is 16.2. The van der Waals surface area contributed by atoms with E-state index in [0.717, 1.165) is 6.07 Å². The minimum Gasteiger partial charge on any atom is -0.345 e. The Labute approximate surface area is 193 Å². The lowest BCUT2D eigenvalue weighted by Gasteiger charge is -2.25. The number of hydrogen-bond acceptors (Lipinski definition) is 5. The molecule has 0 fully saturated rings. The molecule has 0 aliphatic carbocycles. The SMILES string of the molecule is C[C@@H]1CN2C=C(c3ccc([N+](=O)[O-])cc3)C=C(C(=O)N[C@H](C)c3cccc(C(F)F)c3F)C2=N1. The summed E-state index contributed by atoms with van der Waals surface area (Å²) in [5.74, 6) is -1.15. The van der Waals surface area contributed by atoms with Crippen LogP contribution in [-0.4, -0.2) is 34.2 Å². The van der Waals surface area contributed by atoms with Crippen LogP contribution in [0.5, 0.6) is 0 Å². The van der Waals surface area contributed by atoms with E-state index in [1.807, 2.05) is 18.0 Å². The maximum atomic E-state index is 14.6. The maximum absolute atomic E-state index is 14.6. The lowest BCUT2D eigenvalue weighted by Crippen LogP contribution is -2.37. The molecule has 34 heavy (non-hydrogen) atoms. The number of benzene rings is 2. The van der Waals surface area contributed by atoms with Crippen molar-refractivity contribution in [3.05, 3.63) is 92.9 Å². The fourth-order valence-electron chi connectivity index (χ4n) is 3.98. The van der Waals surface area contributed by atoms with Crippen molar-refractivity contribution in [2.75, 3.05) is 6.54 Å². The number of nitrogens with one attached hydrogen (secondary N) is 1. The van der Waals surface area contributed by atoms with Crippen LogP contribution in [0, 0.1) is 15.9 Å². The number of allylic oxidation sites excluding steroid dienone is 2. The fraction of sp³-hybridized carbons (Fsp3) is 0.250. The first-order valence-corrected chi connectivity index (χ1v) is 10.6. The number of carbonyl (C=O) groups is 1. The second-order valence-corrected chi connectivity index (χ2v) is 8.15. The molecule has 0 saturated carbocycles. The molecule has 1 N–H and O–H groups in total. The smallest absolute Gasteiger partial charge is 0.269 e. The Morgan fingerprint density at radius 1 is 1.21 bits per heavy atom. The molecule has 4 rings (SSSR count). The zero-order valence-electron chi connectivity index (χ0n) is 18.3.